The molecule has 1 aromatic heterocycles. The molecule has 1 aliphatic rings. The van der Waals surface area contributed by atoms with Crippen LogP contribution in [0.4, 0.5) is 5.69 Å². The second-order valence-electron chi connectivity index (χ2n) is 9.63. The topological polar surface area (TPSA) is 71.8 Å². The number of methoxy groups -OCH3 is 1. The Morgan fingerprint density at radius 3 is 2.55 bits per heavy atom. The van der Waals surface area contributed by atoms with Crippen molar-refractivity contribution in [3.63, 3.8) is 0 Å². The van der Waals surface area contributed by atoms with E-state index in [4.69, 9.17) is 9.15 Å². The first kappa shape index (κ1) is 22.6. The van der Waals surface area contributed by atoms with Gasteiger partial charge in [-0.3, -0.25) is 9.59 Å². The van der Waals surface area contributed by atoms with Gasteiger partial charge in [-0.05, 0) is 47.9 Å². The molecule has 0 atom stereocenters. The van der Waals surface area contributed by atoms with Crippen LogP contribution >= 0.6 is 0 Å². The van der Waals surface area contributed by atoms with Crippen LogP contribution in [0.15, 0.2) is 59.0 Å². The second-order valence-corrected chi connectivity index (χ2v) is 9.63. The molecule has 2 aromatic carbocycles. The van der Waals surface area contributed by atoms with Gasteiger partial charge in [0.25, 0.3) is 5.91 Å². The SMILES string of the molecule is COc1ccc(C(=O)N2CCc3oc(-c4cccc(NC(=O)CC(C)(C)C)c4)cc3C2)cc1. The Labute approximate surface area is 194 Å². The number of hydrogen-bond acceptors (Lipinski definition) is 4. The zero-order valence-corrected chi connectivity index (χ0v) is 19.6. The highest BCUT2D eigenvalue weighted by atomic mass is 16.5. The molecule has 33 heavy (non-hydrogen) atoms. The highest BCUT2D eigenvalue weighted by Crippen LogP contribution is 2.31. The van der Waals surface area contributed by atoms with Crippen LogP contribution in [0.5, 0.6) is 5.75 Å². The first-order chi connectivity index (χ1) is 15.7. The summed E-state index contributed by atoms with van der Waals surface area (Å²) in [6.45, 7) is 7.23. The van der Waals surface area contributed by atoms with E-state index >= 15 is 0 Å². The van der Waals surface area contributed by atoms with Crippen LogP contribution in [0.25, 0.3) is 11.3 Å². The third-order valence-electron chi connectivity index (χ3n) is 5.61. The van der Waals surface area contributed by atoms with Gasteiger partial charge in [-0.25, -0.2) is 0 Å². The van der Waals surface area contributed by atoms with Gasteiger partial charge in [-0.15, -0.1) is 0 Å². The van der Waals surface area contributed by atoms with E-state index in [1.54, 1.807) is 31.4 Å². The average Bonchev–Trinajstić information content (AvgIpc) is 3.21. The number of nitrogens with zero attached hydrogens (tertiary/aromatic N) is 1. The van der Waals surface area contributed by atoms with Crippen LogP contribution in [-0.4, -0.2) is 30.4 Å². The highest BCUT2D eigenvalue weighted by Gasteiger charge is 2.25. The molecule has 0 unspecified atom stereocenters. The Bertz CT molecular complexity index is 1160. The van der Waals surface area contributed by atoms with E-state index in [0.29, 0.717) is 31.5 Å². The van der Waals surface area contributed by atoms with Crippen molar-refractivity contribution in [1.82, 2.24) is 4.90 Å². The van der Waals surface area contributed by atoms with Crippen LogP contribution in [-0.2, 0) is 17.8 Å². The third kappa shape index (κ3) is 5.45. The molecule has 6 nitrogen and oxygen atoms in total. The van der Waals surface area contributed by atoms with E-state index in [1.807, 2.05) is 56.0 Å². The summed E-state index contributed by atoms with van der Waals surface area (Å²) in [6.07, 6.45) is 1.11. The summed E-state index contributed by atoms with van der Waals surface area (Å²) >= 11 is 0. The van der Waals surface area contributed by atoms with Crippen LogP contribution in [0.3, 0.4) is 0 Å². The van der Waals surface area contributed by atoms with E-state index in [-0.39, 0.29) is 17.2 Å². The van der Waals surface area contributed by atoms with Crippen molar-refractivity contribution in [3.8, 4) is 17.1 Å². The van der Waals surface area contributed by atoms with Gasteiger partial charge in [0, 0.05) is 48.3 Å². The molecular formula is C27H30N2O4. The normalized spacial score (nSPS) is 13.4. The third-order valence-corrected chi connectivity index (χ3v) is 5.61. The molecule has 0 radical (unpaired) electrons. The molecule has 1 N–H and O–H groups in total. The summed E-state index contributed by atoms with van der Waals surface area (Å²) in [4.78, 5) is 27.1. The Hall–Kier alpha value is -3.54. The van der Waals surface area contributed by atoms with Gasteiger partial charge in [-0.1, -0.05) is 32.9 Å². The number of hydrogen-bond donors (Lipinski definition) is 1. The van der Waals surface area contributed by atoms with Gasteiger partial charge in [0.15, 0.2) is 0 Å². The summed E-state index contributed by atoms with van der Waals surface area (Å²) in [5, 5.41) is 2.98. The molecule has 1 aliphatic heterocycles. The maximum atomic E-state index is 12.9. The molecular weight excluding hydrogens is 416 g/mol. The van der Waals surface area contributed by atoms with E-state index in [1.165, 1.54) is 0 Å². The van der Waals surface area contributed by atoms with Crippen molar-refractivity contribution in [1.29, 1.82) is 0 Å². The number of furan rings is 1. The lowest BCUT2D eigenvalue weighted by Crippen LogP contribution is -2.35. The lowest BCUT2D eigenvalue weighted by Gasteiger charge is -2.26. The van der Waals surface area contributed by atoms with Crippen molar-refractivity contribution >= 4 is 17.5 Å². The zero-order chi connectivity index (χ0) is 23.6. The summed E-state index contributed by atoms with van der Waals surface area (Å²) in [6, 6.07) is 16.8. The van der Waals surface area contributed by atoms with Crippen LogP contribution in [0.1, 0.15) is 48.9 Å². The molecule has 3 aromatic rings. The molecule has 6 heteroatoms. The molecule has 0 spiro atoms. The molecule has 4 rings (SSSR count). The fourth-order valence-corrected chi connectivity index (χ4v) is 4.00. The Morgan fingerprint density at radius 2 is 1.85 bits per heavy atom. The fourth-order valence-electron chi connectivity index (χ4n) is 4.00. The summed E-state index contributed by atoms with van der Waals surface area (Å²) in [7, 11) is 1.61. The van der Waals surface area contributed by atoms with Crippen molar-refractivity contribution in [3.05, 3.63) is 71.5 Å². The van der Waals surface area contributed by atoms with Gasteiger partial charge in [0.1, 0.15) is 17.3 Å². The van der Waals surface area contributed by atoms with Gasteiger partial charge >= 0.3 is 0 Å². The molecule has 2 amide bonds. The minimum Gasteiger partial charge on any atom is -0.497 e. The van der Waals surface area contributed by atoms with Crippen molar-refractivity contribution in [2.45, 2.75) is 40.2 Å². The highest BCUT2D eigenvalue weighted by molar-refractivity contribution is 5.94. The fraction of sp³-hybridized carbons (Fsp3) is 0.333. The maximum Gasteiger partial charge on any atom is 0.254 e. The van der Waals surface area contributed by atoms with Crippen LogP contribution in [0, 0.1) is 5.41 Å². The molecule has 0 aliphatic carbocycles. The molecule has 0 fully saturated rings. The number of amides is 2. The molecule has 0 saturated carbocycles. The Balaban J connectivity index is 1.47. The van der Waals surface area contributed by atoms with Gasteiger partial charge < -0.3 is 19.4 Å². The summed E-state index contributed by atoms with van der Waals surface area (Å²) in [5.41, 5.74) is 3.22. The standard InChI is InChI=1S/C27H30N2O4/c1-27(2,3)16-25(30)28-21-7-5-6-19(14-21)24-15-20-17-29(13-12-23(20)33-24)26(31)18-8-10-22(32-4)11-9-18/h5-11,14-15H,12-13,16-17H2,1-4H3,(H,28,30). The zero-order valence-electron chi connectivity index (χ0n) is 19.6. The number of rotatable bonds is 5. The predicted molar refractivity (Wildman–Crippen MR) is 128 cm³/mol. The number of fused-ring (bicyclic) bond motifs is 1. The number of anilines is 1. The number of ether oxygens (including phenoxy) is 1. The van der Waals surface area contributed by atoms with Gasteiger partial charge in [0.05, 0.1) is 7.11 Å². The quantitative estimate of drug-likeness (QED) is 0.559. The minimum absolute atomic E-state index is 0.00499. The van der Waals surface area contributed by atoms with Crippen LogP contribution in [0.2, 0.25) is 0 Å². The smallest absolute Gasteiger partial charge is 0.254 e. The van der Waals surface area contributed by atoms with Crippen molar-refractivity contribution in [2.24, 2.45) is 5.41 Å². The van der Waals surface area contributed by atoms with E-state index in [9.17, 15) is 9.59 Å². The first-order valence-corrected chi connectivity index (χ1v) is 11.2. The first-order valence-electron chi connectivity index (χ1n) is 11.2. The number of carbonyl (C=O) groups is 2. The molecule has 2 heterocycles. The lowest BCUT2D eigenvalue weighted by molar-refractivity contribution is -0.117. The molecule has 0 saturated heterocycles. The lowest BCUT2D eigenvalue weighted by atomic mass is 9.92. The summed E-state index contributed by atoms with van der Waals surface area (Å²) < 4.78 is 11.3. The van der Waals surface area contributed by atoms with E-state index < -0.39 is 0 Å². The minimum atomic E-state index is -0.0725. The number of nitrogens with one attached hydrogen (secondary N) is 1. The van der Waals surface area contributed by atoms with Gasteiger partial charge in [0.2, 0.25) is 5.91 Å². The van der Waals surface area contributed by atoms with E-state index in [0.717, 1.165) is 34.1 Å². The Morgan fingerprint density at radius 1 is 1.09 bits per heavy atom. The van der Waals surface area contributed by atoms with Crippen molar-refractivity contribution in [2.75, 3.05) is 19.0 Å². The van der Waals surface area contributed by atoms with Crippen LogP contribution < -0.4 is 10.1 Å². The Kier molecular flexibility index (Phi) is 6.27. The molecule has 0 bridgehead atoms. The number of benzene rings is 2. The largest absolute Gasteiger partial charge is 0.497 e. The van der Waals surface area contributed by atoms with E-state index in [2.05, 4.69) is 5.32 Å². The molecule has 172 valence electrons. The predicted octanol–water partition coefficient (Wildman–Crippen LogP) is 5.53. The summed E-state index contributed by atoms with van der Waals surface area (Å²) in [5.74, 6) is 2.36. The van der Waals surface area contributed by atoms with Gasteiger partial charge in [-0.2, -0.15) is 0 Å². The van der Waals surface area contributed by atoms with Crippen molar-refractivity contribution < 1.29 is 18.7 Å². The average molecular weight is 447 g/mol. The maximum absolute atomic E-state index is 12.9. The monoisotopic (exact) mass is 446 g/mol. The number of carbonyl (C=O) groups excluding carboxylic acids is 2. The second kappa shape index (κ2) is 9.14.